The van der Waals surface area contributed by atoms with E-state index in [1.165, 1.54) is 6.20 Å². The molecule has 1 fully saturated rings. The average molecular weight is 321 g/mol. The summed E-state index contributed by atoms with van der Waals surface area (Å²) in [6.07, 6.45) is 5.23. The van der Waals surface area contributed by atoms with Gasteiger partial charge in [-0.2, -0.15) is 0 Å². The predicted octanol–water partition coefficient (Wildman–Crippen LogP) is 1.30. The van der Waals surface area contributed by atoms with Gasteiger partial charge in [0.05, 0.1) is 6.04 Å². The third-order valence-electron chi connectivity index (χ3n) is 2.48. The number of carbonyl (C=O) groups excluding carboxylic acids is 1. The Labute approximate surface area is 104 Å². The topological polar surface area (TPSA) is 58.7 Å². The molecule has 1 saturated heterocycles. The van der Waals surface area contributed by atoms with E-state index in [1.807, 2.05) is 4.90 Å². The number of carbonyl (C=O) groups is 1. The molecule has 1 heterocycles. The first kappa shape index (κ1) is 12.5. The summed E-state index contributed by atoms with van der Waals surface area (Å²) < 4.78 is 0.946. The molecule has 1 rings (SSSR count). The molecule has 0 aromatic carbocycles. The number of hydrogen-bond donors (Lipinski definition) is 1. The number of allylic oxidation sites excluding steroid dienone is 1. The zero-order valence-electron chi connectivity index (χ0n) is 8.82. The summed E-state index contributed by atoms with van der Waals surface area (Å²) in [5, 5.41) is 0. The zero-order chi connectivity index (χ0) is 11.3. The normalized spacial score (nSPS) is 19.9. The molecule has 15 heavy (non-hydrogen) atoms. The standard InChI is InChI=1S/C10H16IN3O/c1-8(15)14-4-2-10(3-5-14)13-7-9(11)6-12/h6-7,10H,2-5,12H2,1H3. The smallest absolute Gasteiger partial charge is 0.219 e. The van der Waals surface area contributed by atoms with Crippen molar-refractivity contribution in [2.45, 2.75) is 25.8 Å². The Bertz CT molecular complexity index is 280. The molecule has 2 N–H and O–H groups in total. The van der Waals surface area contributed by atoms with Crippen molar-refractivity contribution in [3.05, 3.63) is 9.78 Å². The van der Waals surface area contributed by atoms with Crippen LogP contribution >= 0.6 is 22.6 Å². The van der Waals surface area contributed by atoms with E-state index in [2.05, 4.69) is 27.6 Å². The minimum absolute atomic E-state index is 0.161. The molecule has 0 atom stereocenters. The number of hydrogen-bond acceptors (Lipinski definition) is 3. The maximum absolute atomic E-state index is 11.1. The minimum Gasteiger partial charge on any atom is -0.404 e. The third-order valence-corrected chi connectivity index (χ3v) is 3.12. The van der Waals surface area contributed by atoms with Crippen LogP contribution in [0.25, 0.3) is 0 Å². The van der Waals surface area contributed by atoms with Crippen molar-refractivity contribution in [1.29, 1.82) is 0 Å². The van der Waals surface area contributed by atoms with Gasteiger partial charge in [-0.15, -0.1) is 0 Å². The first-order valence-electron chi connectivity index (χ1n) is 4.99. The second kappa shape index (κ2) is 6.09. The van der Waals surface area contributed by atoms with Crippen LogP contribution < -0.4 is 5.73 Å². The fourth-order valence-electron chi connectivity index (χ4n) is 1.55. The molecule has 0 aliphatic carbocycles. The van der Waals surface area contributed by atoms with Gasteiger partial charge >= 0.3 is 0 Å². The third kappa shape index (κ3) is 4.19. The van der Waals surface area contributed by atoms with Crippen LogP contribution in [0.4, 0.5) is 0 Å². The van der Waals surface area contributed by atoms with Crippen LogP contribution in [-0.2, 0) is 4.79 Å². The van der Waals surface area contributed by atoms with Gasteiger partial charge < -0.3 is 10.6 Å². The van der Waals surface area contributed by atoms with Gasteiger partial charge in [-0.3, -0.25) is 9.79 Å². The van der Waals surface area contributed by atoms with Crippen LogP contribution in [0.15, 0.2) is 14.8 Å². The average Bonchev–Trinajstić information content (AvgIpc) is 2.26. The number of aliphatic imine (C=N–C) groups is 1. The van der Waals surface area contributed by atoms with Crippen molar-refractivity contribution in [2.75, 3.05) is 13.1 Å². The molecule has 5 heteroatoms. The van der Waals surface area contributed by atoms with Crippen molar-refractivity contribution in [1.82, 2.24) is 4.90 Å². The summed E-state index contributed by atoms with van der Waals surface area (Å²) in [7, 11) is 0. The summed E-state index contributed by atoms with van der Waals surface area (Å²) >= 11 is 2.14. The van der Waals surface area contributed by atoms with E-state index >= 15 is 0 Å². The lowest BCUT2D eigenvalue weighted by atomic mass is 10.1. The molecule has 0 spiro atoms. The molecule has 0 saturated carbocycles. The van der Waals surface area contributed by atoms with Gasteiger partial charge in [0.2, 0.25) is 5.91 Å². The largest absolute Gasteiger partial charge is 0.404 e. The molecule has 0 bridgehead atoms. The Hall–Kier alpha value is -0.590. The summed E-state index contributed by atoms with van der Waals surface area (Å²) in [6, 6.07) is 0.338. The Morgan fingerprint density at radius 3 is 2.60 bits per heavy atom. The number of likely N-dealkylation sites (tertiary alicyclic amines) is 1. The lowest BCUT2D eigenvalue weighted by Gasteiger charge is -2.29. The van der Waals surface area contributed by atoms with Gasteiger partial charge in [-0.05, 0) is 35.4 Å². The van der Waals surface area contributed by atoms with Gasteiger partial charge in [0.25, 0.3) is 0 Å². The Morgan fingerprint density at radius 2 is 2.13 bits per heavy atom. The molecule has 4 nitrogen and oxygen atoms in total. The molecule has 0 aromatic heterocycles. The number of nitrogens with two attached hydrogens (primary N) is 1. The Morgan fingerprint density at radius 1 is 1.53 bits per heavy atom. The molecule has 84 valence electrons. The fraction of sp³-hybridized carbons (Fsp3) is 0.600. The van der Waals surface area contributed by atoms with E-state index in [0.29, 0.717) is 6.04 Å². The van der Waals surface area contributed by atoms with Crippen LogP contribution in [0, 0.1) is 0 Å². The summed E-state index contributed by atoms with van der Waals surface area (Å²) in [5.41, 5.74) is 5.34. The maximum atomic E-state index is 11.1. The van der Waals surface area contributed by atoms with Gasteiger partial charge in [0.15, 0.2) is 0 Å². The van der Waals surface area contributed by atoms with Crippen molar-refractivity contribution in [3.8, 4) is 0 Å². The Kier molecular flexibility index (Phi) is 5.07. The van der Waals surface area contributed by atoms with E-state index in [9.17, 15) is 4.79 Å². The van der Waals surface area contributed by atoms with Crippen LogP contribution in [0.1, 0.15) is 19.8 Å². The quantitative estimate of drug-likeness (QED) is 0.616. The van der Waals surface area contributed by atoms with Crippen molar-refractivity contribution in [3.63, 3.8) is 0 Å². The molecular formula is C10H16IN3O. The van der Waals surface area contributed by atoms with Gasteiger partial charge in [0, 0.05) is 36.0 Å². The van der Waals surface area contributed by atoms with Crippen molar-refractivity contribution < 1.29 is 4.79 Å². The second-order valence-electron chi connectivity index (χ2n) is 3.57. The molecule has 0 aromatic rings. The lowest BCUT2D eigenvalue weighted by Crippen LogP contribution is -2.38. The summed E-state index contributed by atoms with van der Waals surface area (Å²) in [5.74, 6) is 0.161. The van der Waals surface area contributed by atoms with Crippen molar-refractivity contribution >= 4 is 34.7 Å². The number of piperidine rings is 1. The number of rotatable bonds is 2. The molecule has 1 aliphatic rings. The highest BCUT2D eigenvalue weighted by Gasteiger charge is 2.19. The number of amides is 1. The van der Waals surface area contributed by atoms with Crippen LogP contribution in [0.2, 0.25) is 0 Å². The maximum Gasteiger partial charge on any atom is 0.219 e. The summed E-state index contributed by atoms with van der Waals surface area (Å²) in [4.78, 5) is 17.4. The van der Waals surface area contributed by atoms with Crippen molar-refractivity contribution in [2.24, 2.45) is 10.7 Å². The minimum atomic E-state index is 0.161. The van der Waals surface area contributed by atoms with Gasteiger partial charge in [-0.1, -0.05) is 0 Å². The molecular weight excluding hydrogens is 305 g/mol. The highest BCUT2D eigenvalue weighted by Crippen LogP contribution is 2.14. The van der Waals surface area contributed by atoms with E-state index in [1.54, 1.807) is 13.1 Å². The molecule has 0 radical (unpaired) electrons. The highest BCUT2D eigenvalue weighted by molar-refractivity contribution is 14.1. The van der Waals surface area contributed by atoms with Crippen LogP contribution in [0.3, 0.4) is 0 Å². The highest BCUT2D eigenvalue weighted by atomic mass is 127. The van der Waals surface area contributed by atoms with Gasteiger partial charge in [0.1, 0.15) is 0 Å². The van der Waals surface area contributed by atoms with Gasteiger partial charge in [-0.25, -0.2) is 0 Å². The Balaban J connectivity index is 2.38. The zero-order valence-corrected chi connectivity index (χ0v) is 11.0. The predicted molar refractivity (Wildman–Crippen MR) is 70.1 cm³/mol. The monoisotopic (exact) mass is 321 g/mol. The lowest BCUT2D eigenvalue weighted by molar-refractivity contribution is -0.129. The van der Waals surface area contributed by atoms with Crippen LogP contribution in [-0.4, -0.2) is 36.2 Å². The van der Waals surface area contributed by atoms with Crippen LogP contribution in [0.5, 0.6) is 0 Å². The van der Waals surface area contributed by atoms with E-state index in [0.717, 1.165) is 29.5 Å². The van der Waals surface area contributed by atoms with E-state index in [-0.39, 0.29) is 5.91 Å². The fourth-order valence-corrected chi connectivity index (χ4v) is 1.71. The number of nitrogens with zero attached hydrogens (tertiary/aromatic N) is 2. The molecule has 0 unspecified atom stereocenters. The SMILES string of the molecule is CC(=O)N1CCC(N=CC(I)=CN)CC1. The molecule has 1 amide bonds. The second-order valence-corrected chi connectivity index (χ2v) is 4.81. The molecule has 1 aliphatic heterocycles. The first-order chi connectivity index (χ1) is 7.13. The first-order valence-corrected chi connectivity index (χ1v) is 6.07. The van der Waals surface area contributed by atoms with E-state index < -0.39 is 0 Å². The summed E-state index contributed by atoms with van der Waals surface area (Å²) in [6.45, 7) is 3.25. The van der Waals surface area contributed by atoms with E-state index in [4.69, 9.17) is 5.73 Å². The number of halogens is 1.